The van der Waals surface area contributed by atoms with Crippen molar-refractivity contribution in [3.05, 3.63) is 425 Å². The van der Waals surface area contributed by atoms with Gasteiger partial charge in [0.1, 0.15) is 0 Å². The monoisotopic (exact) mass is 1360 g/mol. The molecule has 7 heteroatoms. The van der Waals surface area contributed by atoms with Crippen molar-refractivity contribution in [2.24, 2.45) is 0 Å². The number of hydrogen-bond donors (Lipinski definition) is 0. The van der Waals surface area contributed by atoms with E-state index in [-0.39, 0.29) is 6.71 Å². The zero-order valence-electron chi connectivity index (χ0n) is 56.8. The molecule has 0 saturated carbocycles. The Morgan fingerprint density at radius 3 is 0.777 bits per heavy atom. The minimum Gasteiger partial charge on any atom is -0.311 e. The van der Waals surface area contributed by atoms with Gasteiger partial charge < -0.3 is 14.4 Å². The number of nitrogens with zero attached hydrogens (tertiary/aromatic N) is 3. The normalized spacial score (nSPS) is 12.6. The number of fused-ring (bicyclic) bond motifs is 7. The smallest absolute Gasteiger partial charge is 0.252 e. The van der Waals surface area contributed by atoms with Gasteiger partial charge in [-0.2, -0.15) is 0 Å². The van der Waals surface area contributed by atoms with Gasteiger partial charge in [0, 0.05) is 44.9 Å². The van der Waals surface area contributed by atoms with Crippen LogP contribution < -0.4 is 88.4 Å². The number of rotatable bonds is 15. The first-order valence-electron chi connectivity index (χ1n) is 35.8. The third-order valence-corrected chi connectivity index (χ3v) is 36.5. The lowest BCUT2D eigenvalue weighted by molar-refractivity contribution is 1.16. The Morgan fingerprint density at radius 2 is 0.447 bits per heavy atom. The fourth-order valence-corrected chi connectivity index (χ4v) is 32.3. The maximum atomic E-state index is 2.70. The van der Waals surface area contributed by atoms with E-state index in [0.29, 0.717) is 0 Å². The first-order valence-corrected chi connectivity index (χ1v) is 41.8. The molecule has 3 nitrogen and oxygen atoms in total. The van der Waals surface area contributed by atoms with Crippen molar-refractivity contribution in [1.82, 2.24) is 4.57 Å². The van der Waals surface area contributed by atoms with Crippen molar-refractivity contribution in [3.63, 3.8) is 0 Å². The van der Waals surface area contributed by atoms with Gasteiger partial charge in [0.2, 0.25) is 0 Å². The lowest BCUT2D eigenvalue weighted by Gasteiger charge is -2.46. The second-order valence-electron chi connectivity index (χ2n) is 27.3. The summed E-state index contributed by atoms with van der Waals surface area (Å²) in [5.41, 5.74) is 13.9. The first-order chi connectivity index (χ1) is 51.1. The van der Waals surface area contributed by atoms with Crippen LogP contribution in [0.3, 0.4) is 0 Å². The van der Waals surface area contributed by atoms with Crippen LogP contribution >= 0.6 is 0 Å². The van der Waals surface area contributed by atoms with Crippen LogP contribution in [0.1, 0.15) is 0 Å². The van der Waals surface area contributed by atoms with Gasteiger partial charge >= 0.3 is 0 Å². The molecular weight excluding hydrogens is 1290 g/mol. The van der Waals surface area contributed by atoms with E-state index >= 15 is 0 Å². The maximum Gasteiger partial charge on any atom is 0.252 e. The van der Waals surface area contributed by atoms with Crippen LogP contribution in [0.15, 0.2) is 425 Å². The second kappa shape index (κ2) is 25.7. The molecule has 0 spiro atoms. The summed E-state index contributed by atoms with van der Waals surface area (Å²) in [6.45, 7) is -0.224. The molecule has 0 N–H and O–H groups in total. The third-order valence-electron chi connectivity index (χ3n) is 22.2. The highest BCUT2D eigenvalue weighted by Gasteiger charge is 2.50. The van der Waals surface area contributed by atoms with E-state index < -0.39 is 24.2 Å². The van der Waals surface area contributed by atoms with Gasteiger partial charge in [-0.15, -0.1) is 0 Å². The molecule has 0 saturated heterocycles. The first kappa shape index (κ1) is 61.7. The van der Waals surface area contributed by atoms with Crippen LogP contribution in [0.25, 0.3) is 27.5 Å². The predicted octanol–water partition coefficient (Wildman–Crippen LogP) is 13.0. The van der Waals surface area contributed by atoms with Crippen LogP contribution in [0.2, 0.25) is 0 Å². The fourth-order valence-electron chi connectivity index (χ4n) is 18.0. The Morgan fingerprint density at radius 1 is 0.184 bits per heavy atom. The molecule has 19 rings (SSSR count). The molecule has 0 fully saturated rings. The quantitative estimate of drug-likeness (QED) is 0.0749. The van der Waals surface area contributed by atoms with Crippen molar-refractivity contribution in [2.75, 3.05) is 9.80 Å². The molecular formula is C96H70BN3Si3. The highest BCUT2D eigenvalue weighted by atomic mass is 28.3. The molecule has 484 valence electrons. The van der Waals surface area contributed by atoms with Crippen molar-refractivity contribution in [2.45, 2.75) is 0 Å². The second-order valence-corrected chi connectivity index (χ2v) is 38.8. The summed E-state index contributed by atoms with van der Waals surface area (Å²) in [6.07, 6.45) is 0. The molecule has 0 atom stereocenters. The third kappa shape index (κ3) is 9.76. The molecule has 2 aliphatic heterocycles. The highest BCUT2D eigenvalue weighted by molar-refractivity contribution is 7.21. The van der Waals surface area contributed by atoms with E-state index in [9.17, 15) is 0 Å². The van der Waals surface area contributed by atoms with Gasteiger partial charge in [0.05, 0.1) is 16.7 Å². The number of para-hydroxylation sites is 3. The summed E-state index contributed by atoms with van der Waals surface area (Å²) in [5, 5.41) is 18.3. The van der Waals surface area contributed by atoms with Gasteiger partial charge in [-0.05, 0) is 139 Å². The van der Waals surface area contributed by atoms with Crippen LogP contribution in [0.4, 0.5) is 34.1 Å². The molecule has 103 heavy (non-hydrogen) atoms. The summed E-state index contributed by atoms with van der Waals surface area (Å²) in [4.78, 5) is 5.34. The van der Waals surface area contributed by atoms with Crippen molar-refractivity contribution in [3.8, 4) is 5.69 Å². The number of hydrogen-bond acceptors (Lipinski definition) is 2. The molecule has 16 aromatic carbocycles. The summed E-state index contributed by atoms with van der Waals surface area (Å²) in [7, 11) is -9.40. The Balaban J connectivity index is 0.976. The predicted molar refractivity (Wildman–Crippen MR) is 446 cm³/mol. The SMILES string of the molecule is c1ccc(N2c3cc([Si](c4ccccc4)(c4ccccc4)c4ccccc4)ccc3B3c4ccc([Si](c5ccccc5)(c5ccccc5)c5ccccc5)cc4N(c4cccc([Si](c5ccccc5)(c5ccccc5)c5ccccc5)c4)c4cc(-n5c6ccccc6c6ccccc65)cc2c43)cc1. The van der Waals surface area contributed by atoms with Crippen molar-refractivity contribution < 1.29 is 0 Å². The molecule has 0 bridgehead atoms. The Bertz CT molecular complexity index is 5590. The average Bonchev–Trinajstić information content (AvgIpc) is 1.44. The van der Waals surface area contributed by atoms with Crippen LogP contribution in [0, 0.1) is 0 Å². The van der Waals surface area contributed by atoms with Crippen LogP contribution in [0.5, 0.6) is 0 Å². The van der Waals surface area contributed by atoms with Gasteiger partial charge in [0.15, 0.2) is 24.2 Å². The Hall–Kier alpha value is -12.4. The summed E-state index contributed by atoms with van der Waals surface area (Å²) >= 11 is 0. The summed E-state index contributed by atoms with van der Waals surface area (Å²) in [6, 6.07) is 162. The van der Waals surface area contributed by atoms with Gasteiger partial charge in [-0.3, -0.25) is 0 Å². The molecule has 2 aliphatic rings. The van der Waals surface area contributed by atoms with Crippen molar-refractivity contribution >= 4 is 165 Å². The molecule has 0 amide bonds. The Labute approximate surface area is 605 Å². The molecule has 3 heterocycles. The van der Waals surface area contributed by atoms with Gasteiger partial charge in [0.25, 0.3) is 6.71 Å². The largest absolute Gasteiger partial charge is 0.311 e. The molecule has 1 aromatic heterocycles. The standard InChI is InChI=1S/C96H70BN3Si3/c1-11-36-71(37-12-1)98-92-69-84(102(77-45-19-5-20-46-77,78-47-21-6-22-48-78)79-49-23-7-24-50-79)62-64-88(92)97-89-65-63-85(103(80-51-25-8-26-52-80,81-53-27-9-28-54-81)82-55-29-10-30-56-82)70-93(89)99(95-68-73(67-94(98)96(95)97)100-90-60-33-31-58-86(90)87-59-32-34-61-91(87)100)72-38-35-57-83(66-72)101(74-39-13-2-14-40-74,75-41-15-3-16-42-75)76-43-17-4-18-44-76/h1-70H. The molecule has 0 radical (unpaired) electrons. The molecule has 0 unspecified atom stereocenters. The van der Waals surface area contributed by atoms with Crippen molar-refractivity contribution in [1.29, 1.82) is 0 Å². The van der Waals surface area contributed by atoms with Gasteiger partial charge in [-0.1, -0.05) is 364 Å². The Kier molecular flexibility index (Phi) is 15.4. The van der Waals surface area contributed by atoms with E-state index in [2.05, 4.69) is 439 Å². The fraction of sp³-hybridized carbons (Fsp3) is 0. The van der Waals surface area contributed by atoms with E-state index in [1.807, 2.05) is 0 Å². The van der Waals surface area contributed by atoms with Crippen LogP contribution in [-0.2, 0) is 0 Å². The lowest BCUT2D eigenvalue weighted by Crippen LogP contribution is -2.75. The minimum absolute atomic E-state index is 0.224. The average molecular weight is 1360 g/mol. The van der Waals surface area contributed by atoms with E-state index in [0.717, 1.165) is 45.2 Å². The zero-order chi connectivity index (χ0) is 68.3. The maximum absolute atomic E-state index is 3.18. The topological polar surface area (TPSA) is 11.4 Å². The number of anilines is 6. The highest BCUT2D eigenvalue weighted by Crippen LogP contribution is 2.46. The zero-order valence-corrected chi connectivity index (χ0v) is 59.8. The number of benzene rings is 16. The van der Waals surface area contributed by atoms with Gasteiger partial charge in [-0.25, -0.2) is 0 Å². The van der Waals surface area contributed by atoms with Crippen LogP contribution in [-0.4, -0.2) is 35.5 Å². The minimum atomic E-state index is -3.18. The molecule has 17 aromatic rings. The summed E-state index contributed by atoms with van der Waals surface area (Å²) < 4.78 is 2.54. The summed E-state index contributed by atoms with van der Waals surface area (Å²) in [5.74, 6) is 0. The van der Waals surface area contributed by atoms with E-state index in [4.69, 9.17) is 0 Å². The van der Waals surface area contributed by atoms with E-state index in [1.165, 1.54) is 95.1 Å². The lowest BCUT2D eigenvalue weighted by atomic mass is 9.33. The number of aromatic nitrogens is 1. The molecule has 0 aliphatic carbocycles. The van der Waals surface area contributed by atoms with E-state index in [1.54, 1.807) is 0 Å².